The topological polar surface area (TPSA) is 29.5 Å². The molecule has 104 valence electrons. The van der Waals surface area contributed by atoms with E-state index >= 15 is 0 Å². The zero-order chi connectivity index (χ0) is 13.5. The van der Waals surface area contributed by atoms with Crippen molar-refractivity contribution in [2.45, 2.75) is 43.8 Å². The molecule has 1 saturated carbocycles. The maximum atomic E-state index is 10.7. The van der Waals surface area contributed by atoms with Gasteiger partial charge in [0, 0.05) is 15.6 Å². The summed E-state index contributed by atoms with van der Waals surface area (Å²) >= 11 is 7.00. The normalized spacial score (nSPS) is 27.0. The van der Waals surface area contributed by atoms with Gasteiger partial charge in [-0.15, -0.1) is 0 Å². The van der Waals surface area contributed by atoms with Crippen molar-refractivity contribution in [2.24, 2.45) is 5.92 Å². The Balaban J connectivity index is 1.77. The smallest absolute Gasteiger partial charge is 0.0831 e. The average Bonchev–Trinajstić information content (AvgIpc) is 2.36. The molecule has 0 bridgehead atoms. The number of aliphatic hydroxyl groups excluding tert-OH is 1. The first-order valence-electron chi connectivity index (χ1n) is 6.87. The lowest BCUT2D eigenvalue weighted by molar-refractivity contribution is -0.157. The summed E-state index contributed by atoms with van der Waals surface area (Å²) in [7, 11) is 0. The minimum atomic E-state index is -0.399. The van der Waals surface area contributed by atoms with Gasteiger partial charge in [0.05, 0.1) is 11.7 Å². The summed E-state index contributed by atoms with van der Waals surface area (Å²) in [6.45, 7) is 0.788. The van der Waals surface area contributed by atoms with E-state index in [0.717, 1.165) is 46.8 Å². The summed E-state index contributed by atoms with van der Waals surface area (Å²) in [5.41, 5.74) is 1.08. The molecule has 1 aromatic carbocycles. The van der Waals surface area contributed by atoms with Crippen LogP contribution in [0.25, 0.3) is 0 Å². The van der Waals surface area contributed by atoms with Crippen molar-refractivity contribution in [3.63, 3.8) is 0 Å². The van der Waals surface area contributed by atoms with Gasteiger partial charge in [0.1, 0.15) is 0 Å². The molecule has 2 fully saturated rings. The summed E-state index contributed by atoms with van der Waals surface area (Å²) in [5, 5.41) is 10.7. The number of hydrogen-bond donors (Lipinski definition) is 1. The van der Waals surface area contributed by atoms with E-state index in [1.54, 1.807) is 0 Å². The largest absolute Gasteiger partial charge is 0.388 e. The van der Waals surface area contributed by atoms with Crippen LogP contribution in [0.5, 0.6) is 0 Å². The fourth-order valence-corrected chi connectivity index (χ4v) is 4.53. The Bertz CT molecular complexity index is 471. The van der Waals surface area contributed by atoms with Gasteiger partial charge in [-0.1, -0.05) is 37.9 Å². The molecule has 1 heterocycles. The summed E-state index contributed by atoms with van der Waals surface area (Å²) < 4.78 is 7.94. The summed E-state index contributed by atoms with van der Waals surface area (Å²) in [6.07, 6.45) is 5.14. The van der Waals surface area contributed by atoms with E-state index in [1.807, 2.05) is 18.2 Å². The SMILES string of the molecule is OC(c1ccc(Br)cc1Br)C1CCOC2(CCC2)C1. The van der Waals surface area contributed by atoms with E-state index in [4.69, 9.17) is 4.74 Å². The van der Waals surface area contributed by atoms with E-state index in [1.165, 1.54) is 6.42 Å². The Labute approximate surface area is 130 Å². The highest BCUT2D eigenvalue weighted by Gasteiger charge is 2.44. The van der Waals surface area contributed by atoms with Crippen LogP contribution in [0.15, 0.2) is 27.1 Å². The van der Waals surface area contributed by atoms with Crippen molar-refractivity contribution in [2.75, 3.05) is 6.61 Å². The Morgan fingerprint density at radius 3 is 2.74 bits per heavy atom. The maximum absolute atomic E-state index is 10.7. The van der Waals surface area contributed by atoms with Crippen molar-refractivity contribution in [3.8, 4) is 0 Å². The van der Waals surface area contributed by atoms with E-state index in [-0.39, 0.29) is 5.60 Å². The molecule has 0 aromatic heterocycles. The second-order valence-corrected chi connectivity index (χ2v) is 7.52. The van der Waals surface area contributed by atoms with Gasteiger partial charge < -0.3 is 9.84 Å². The second kappa shape index (κ2) is 5.47. The molecule has 0 amide bonds. The molecule has 1 spiro atoms. The first-order valence-corrected chi connectivity index (χ1v) is 8.45. The van der Waals surface area contributed by atoms with Crippen LogP contribution in [0, 0.1) is 5.92 Å². The van der Waals surface area contributed by atoms with Crippen LogP contribution in [-0.2, 0) is 4.74 Å². The lowest BCUT2D eigenvalue weighted by atomic mass is 9.70. The zero-order valence-corrected chi connectivity index (χ0v) is 13.9. The number of hydrogen-bond acceptors (Lipinski definition) is 2. The van der Waals surface area contributed by atoms with Gasteiger partial charge in [-0.05, 0) is 55.7 Å². The van der Waals surface area contributed by atoms with E-state index in [0.29, 0.717) is 5.92 Å². The molecule has 2 unspecified atom stereocenters. The predicted octanol–water partition coefficient (Wildman–Crippen LogP) is 4.59. The summed E-state index contributed by atoms with van der Waals surface area (Å²) in [6, 6.07) is 5.99. The Kier molecular flexibility index (Phi) is 4.05. The molecule has 19 heavy (non-hydrogen) atoms. The van der Waals surface area contributed by atoms with Gasteiger partial charge >= 0.3 is 0 Å². The lowest BCUT2D eigenvalue weighted by Crippen LogP contribution is -2.46. The van der Waals surface area contributed by atoms with Crippen LogP contribution in [0.1, 0.15) is 43.8 Å². The van der Waals surface area contributed by atoms with Crippen molar-refractivity contribution in [3.05, 3.63) is 32.7 Å². The fraction of sp³-hybridized carbons (Fsp3) is 0.600. The van der Waals surface area contributed by atoms with E-state index in [2.05, 4.69) is 31.9 Å². The molecule has 1 saturated heterocycles. The molecule has 1 N–H and O–H groups in total. The third kappa shape index (κ3) is 2.78. The summed E-state index contributed by atoms with van der Waals surface area (Å²) in [4.78, 5) is 0. The Hall–Kier alpha value is 0.1000. The first kappa shape index (κ1) is 14.1. The van der Waals surface area contributed by atoms with Gasteiger partial charge in [0.2, 0.25) is 0 Å². The predicted molar refractivity (Wildman–Crippen MR) is 82.1 cm³/mol. The molecule has 1 aliphatic carbocycles. The maximum Gasteiger partial charge on any atom is 0.0831 e. The standard InChI is InChI=1S/C15H18Br2O2/c16-11-2-3-12(13(17)8-11)14(18)10-4-7-19-15(9-10)5-1-6-15/h2-3,8,10,14,18H,1,4-7,9H2. The average molecular weight is 390 g/mol. The van der Waals surface area contributed by atoms with Gasteiger partial charge in [0.15, 0.2) is 0 Å². The highest BCUT2D eigenvalue weighted by molar-refractivity contribution is 9.11. The monoisotopic (exact) mass is 388 g/mol. The number of benzene rings is 1. The molecule has 4 heteroatoms. The van der Waals surface area contributed by atoms with Crippen LogP contribution in [-0.4, -0.2) is 17.3 Å². The fourth-order valence-electron chi connectivity index (χ4n) is 3.25. The van der Waals surface area contributed by atoms with Gasteiger partial charge in [-0.25, -0.2) is 0 Å². The molecule has 2 nitrogen and oxygen atoms in total. The number of halogens is 2. The van der Waals surface area contributed by atoms with Gasteiger partial charge in [0.25, 0.3) is 0 Å². The zero-order valence-electron chi connectivity index (χ0n) is 10.7. The van der Waals surface area contributed by atoms with Crippen LogP contribution >= 0.6 is 31.9 Å². The molecule has 1 aromatic rings. The molecule has 2 atom stereocenters. The minimum absolute atomic E-state index is 0.0890. The van der Waals surface area contributed by atoms with Crippen molar-refractivity contribution in [1.29, 1.82) is 0 Å². The quantitative estimate of drug-likeness (QED) is 0.801. The van der Waals surface area contributed by atoms with Crippen LogP contribution < -0.4 is 0 Å². The molecular weight excluding hydrogens is 372 g/mol. The van der Waals surface area contributed by atoms with Gasteiger partial charge in [-0.3, -0.25) is 0 Å². The highest BCUT2D eigenvalue weighted by atomic mass is 79.9. The third-order valence-electron chi connectivity index (χ3n) is 4.52. The van der Waals surface area contributed by atoms with E-state index < -0.39 is 6.10 Å². The third-order valence-corrected chi connectivity index (χ3v) is 5.70. The van der Waals surface area contributed by atoms with Crippen molar-refractivity contribution >= 4 is 31.9 Å². The molecular formula is C15H18Br2O2. The summed E-state index contributed by atoms with van der Waals surface area (Å²) in [5.74, 6) is 0.312. The van der Waals surface area contributed by atoms with E-state index in [9.17, 15) is 5.11 Å². The van der Waals surface area contributed by atoms with Crippen molar-refractivity contribution in [1.82, 2.24) is 0 Å². The highest BCUT2D eigenvalue weighted by Crippen LogP contribution is 2.47. The molecule has 3 rings (SSSR count). The lowest BCUT2D eigenvalue weighted by Gasteiger charge is -2.48. The number of aliphatic hydroxyl groups is 1. The number of ether oxygens (including phenoxy) is 1. The molecule has 1 aliphatic heterocycles. The Morgan fingerprint density at radius 2 is 2.11 bits per heavy atom. The Morgan fingerprint density at radius 1 is 1.32 bits per heavy atom. The molecule has 2 aliphatic rings. The molecule has 0 radical (unpaired) electrons. The van der Waals surface area contributed by atoms with Crippen LogP contribution in [0.4, 0.5) is 0 Å². The van der Waals surface area contributed by atoms with Crippen molar-refractivity contribution < 1.29 is 9.84 Å². The first-order chi connectivity index (χ1) is 9.10. The second-order valence-electron chi connectivity index (χ2n) is 5.75. The minimum Gasteiger partial charge on any atom is -0.388 e. The van der Waals surface area contributed by atoms with Crippen LogP contribution in [0.3, 0.4) is 0 Å². The van der Waals surface area contributed by atoms with Crippen LogP contribution in [0.2, 0.25) is 0 Å². The van der Waals surface area contributed by atoms with Gasteiger partial charge in [-0.2, -0.15) is 0 Å². The number of rotatable bonds is 2.